The van der Waals surface area contributed by atoms with Gasteiger partial charge < -0.3 is 24.8 Å². The van der Waals surface area contributed by atoms with Gasteiger partial charge in [0.2, 0.25) is 6.79 Å². The Morgan fingerprint density at radius 3 is 2.71 bits per heavy atom. The fourth-order valence-corrected chi connectivity index (χ4v) is 2.43. The number of ether oxygens (including phenoxy) is 3. The first kappa shape index (κ1) is 16.3. The van der Waals surface area contributed by atoms with Crippen molar-refractivity contribution in [3.8, 4) is 11.5 Å². The van der Waals surface area contributed by atoms with Crippen LogP contribution in [0.5, 0.6) is 11.5 Å². The summed E-state index contributed by atoms with van der Waals surface area (Å²) >= 11 is 0. The summed E-state index contributed by atoms with van der Waals surface area (Å²) in [5.74, 6) is 3.90. The minimum Gasteiger partial charge on any atom is -0.454 e. The number of nitrogens with one attached hydrogen (secondary N) is 2. The molecule has 0 aliphatic carbocycles. The third-order valence-electron chi connectivity index (χ3n) is 3.58. The van der Waals surface area contributed by atoms with Gasteiger partial charge in [-0.2, -0.15) is 0 Å². The molecule has 0 fully saturated rings. The van der Waals surface area contributed by atoms with Crippen molar-refractivity contribution in [1.82, 2.24) is 9.97 Å². The van der Waals surface area contributed by atoms with Crippen LogP contribution in [-0.2, 0) is 11.3 Å². The van der Waals surface area contributed by atoms with Gasteiger partial charge in [-0.25, -0.2) is 9.97 Å². The first-order chi connectivity index (χ1) is 11.7. The van der Waals surface area contributed by atoms with Gasteiger partial charge in [-0.1, -0.05) is 6.07 Å². The zero-order chi connectivity index (χ0) is 16.8. The number of fused-ring (bicyclic) bond motifs is 1. The van der Waals surface area contributed by atoms with Gasteiger partial charge in [0, 0.05) is 32.9 Å². The number of methoxy groups -OCH3 is 1. The Labute approximate surface area is 141 Å². The zero-order valence-electron chi connectivity index (χ0n) is 14.0. The number of hydrogen-bond acceptors (Lipinski definition) is 7. The molecular formula is C17H22N4O3. The average molecular weight is 330 g/mol. The molecule has 2 aromatic rings. The molecule has 0 amide bonds. The summed E-state index contributed by atoms with van der Waals surface area (Å²) in [6.07, 6.45) is 0.930. The topological polar surface area (TPSA) is 77.5 Å². The maximum Gasteiger partial charge on any atom is 0.231 e. The van der Waals surface area contributed by atoms with Crippen LogP contribution in [0.15, 0.2) is 24.3 Å². The summed E-state index contributed by atoms with van der Waals surface area (Å²) in [5.41, 5.74) is 1.10. The van der Waals surface area contributed by atoms with Crippen LogP contribution < -0.4 is 20.1 Å². The van der Waals surface area contributed by atoms with Crippen LogP contribution in [0.1, 0.15) is 17.8 Å². The second-order valence-electron chi connectivity index (χ2n) is 5.50. The summed E-state index contributed by atoms with van der Waals surface area (Å²) in [7, 11) is 1.70. The van der Waals surface area contributed by atoms with Gasteiger partial charge in [-0.3, -0.25) is 0 Å². The Morgan fingerprint density at radius 1 is 1.08 bits per heavy atom. The average Bonchev–Trinajstić information content (AvgIpc) is 3.04. The van der Waals surface area contributed by atoms with Gasteiger partial charge in [-0.15, -0.1) is 0 Å². The summed E-state index contributed by atoms with van der Waals surface area (Å²) in [4.78, 5) is 8.82. The lowest BCUT2D eigenvalue weighted by Crippen LogP contribution is -2.09. The summed E-state index contributed by atoms with van der Waals surface area (Å²) < 4.78 is 15.8. The van der Waals surface area contributed by atoms with E-state index in [2.05, 4.69) is 20.6 Å². The van der Waals surface area contributed by atoms with Gasteiger partial charge >= 0.3 is 0 Å². The van der Waals surface area contributed by atoms with E-state index in [0.29, 0.717) is 6.54 Å². The van der Waals surface area contributed by atoms with E-state index >= 15 is 0 Å². The highest BCUT2D eigenvalue weighted by Gasteiger charge is 2.13. The number of rotatable bonds is 8. The number of aromatic nitrogens is 2. The highest BCUT2D eigenvalue weighted by Crippen LogP contribution is 2.32. The summed E-state index contributed by atoms with van der Waals surface area (Å²) in [6.45, 7) is 4.36. The fourth-order valence-electron chi connectivity index (χ4n) is 2.43. The molecule has 3 rings (SSSR count). The highest BCUT2D eigenvalue weighted by atomic mass is 16.7. The first-order valence-electron chi connectivity index (χ1n) is 7.95. The van der Waals surface area contributed by atoms with Gasteiger partial charge in [0.15, 0.2) is 11.5 Å². The third kappa shape index (κ3) is 4.26. The van der Waals surface area contributed by atoms with Crippen LogP contribution in [-0.4, -0.2) is 37.0 Å². The zero-order valence-corrected chi connectivity index (χ0v) is 14.0. The van der Waals surface area contributed by atoms with Crippen LogP contribution in [0.3, 0.4) is 0 Å². The lowest BCUT2D eigenvalue weighted by Gasteiger charge is -2.10. The molecule has 1 aromatic carbocycles. The maximum atomic E-state index is 5.40. The molecule has 7 heteroatoms. The van der Waals surface area contributed by atoms with E-state index in [1.165, 1.54) is 0 Å². The van der Waals surface area contributed by atoms with Gasteiger partial charge in [0.1, 0.15) is 17.5 Å². The molecule has 128 valence electrons. The molecule has 0 radical (unpaired) electrons. The monoisotopic (exact) mass is 330 g/mol. The Hall–Kier alpha value is -2.54. The molecule has 0 atom stereocenters. The van der Waals surface area contributed by atoms with Crippen molar-refractivity contribution < 1.29 is 14.2 Å². The number of aryl methyl sites for hydroxylation is 1. The van der Waals surface area contributed by atoms with Crippen molar-refractivity contribution in [3.63, 3.8) is 0 Å². The molecule has 0 saturated carbocycles. The van der Waals surface area contributed by atoms with E-state index in [4.69, 9.17) is 14.2 Å². The van der Waals surface area contributed by atoms with E-state index in [0.717, 1.165) is 54.1 Å². The van der Waals surface area contributed by atoms with Crippen molar-refractivity contribution in [2.75, 3.05) is 37.7 Å². The van der Waals surface area contributed by atoms with E-state index in [1.54, 1.807) is 7.11 Å². The second kappa shape index (κ2) is 7.83. The smallest absolute Gasteiger partial charge is 0.231 e. The molecule has 0 unspecified atom stereocenters. The van der Waals surface area contributed by atoms with E-state index in [-0.39, 0.29) is 6.79 Å². The standard InChI is InChI=1S/C17H22N4O3/c1-12-20-16(18-6-3-7-22-2)9-17(21-12)19-10-13-4-5-14-15(8-13)24-11-23-14/h4-5,8-9H,3,6-7,10-11H2,1-2H3,(H2,18,19,20,21). The summed E-state index contributed by atoms with van der Waals surface area (Å²) in [6, 6.07) is 7.83. The molecule has 2 N–H and O–H groups in total. The normalized spacial score (nSPS) is 12.2. The largest absolute Gasteiger partial charge is 0.454 e. The number of anilines is 2. The van der Waals surface area contributed by atoms with E-state index in [9.17, 15) is 0 Å². The predicted molar refractivity (Wildman–Crippen MR) is 91.6 cm³/mol. The molecule has 1 aliphatic heterocycles. The van der Waals surface area contributed by atoms with Crippen LogP contribution in [0.25, 0.3) is 0 Å². The summed E-state index contributed by atoms with van der Waals surface area (Å²) in [5, 5.41) is 6.61. The Bertz CT molecular complexity index is 694. The quantitative estimate of drug-likeness (QED) is 0.720. The minimum absolute atomic E-state index is 0.287. The van der Waals surface area contributed by atoms with Gasteiger partial charge in [-0.05, 0) is 31.0 Å². The SMILES string of the molecule is COCCCNc1cc(NCc2ccc3c(c2)OCO3)nc(C)n1. The molecule has 7 nitrogen and oxygen atoms in total. The Balaban J connectivity index is 1.59. The molecule has 0 bridgehead atoms. The molecule has 1 aromatic heterocycles. The molecule has 1 aliphatic rings. The number of nitrogens with zero attached hydrogens (tertiary/aromatic N) is 2. The van der Waals surface area contributed by atoms with Crippen LogP contribution in [0.4, 0.5) is 11.6 Å². The Kier molecular flexibility index (Phi) is 5.32. The second-order valence-corrected chi connectivity index (χ2v) is 5.50. The van der Waals surface area contributed by atoms with Gasteiger partial charge in [0.25, 0.3) is 0 Å². The van der Waals surface area contributed by atoms with E-state index < -0.39 is 0 Å². The van der Waals surface area contributed by atoms with Crippen molar-refractivity contribution in [1.29, 1.82) is 0 Å². The fraction of sp³-hybridized carbons (Fsp3) is 0.412. The van der Waals surface area contributed by atoms with Crippen molar-refractivity contribution >= 4 is 11.6 Å². The first-order valence-corrected chi connectivity index (χ1v) is 7.95. The van der Waals surface area contributed by atoms with Crippen molar-refractivity contribution in [2.45, 2.75) is 19.9 Å². The maximum absolute atomic E-state index is 5.40. The lowest BCUT2D eigenvalue weighted by molar-refractivity contribution is 0.174. The highest BCUT2D eigenvalue weighted by molar-refractivity contribution is 5.49. The van der Waals surface area contributed by atoms with Crippen molar-refractivity contribution in [3.05, 3.63) is 35.7 Å². The molecule has 0 saturated heterocycles. The predicted octanol–water partition coefficient (Wildman–Crippen LogP) is 2.57. The lowest BCUT2D eigenvalue weighted by atomic mass is 10.2. The Morgan fingerprint density at radius 2 is 1.88 bits per heavy atom. The van der Waals surface area contributed by atoms with Crippen LogP contribution in [0.2, 0.25) is 0 Å². The van der Waals surface area contributed by atoms with Gasteiger partial charge in [0.05, 0.1) is 0 Å². The van der Waals surface area contributed by atoms with Crippen molar-refractivity contribution in [2.24, 2.45) is 0 Å². The minimum atomic E-state index is 0.287. The van der Waals surface area contributed by atoms with E-state index in [1.807, 2.05) is 31.2 Å². The number of hydrogen-bond donors (Lipinski definition) is 2. The van der Waals surface area contributed by atoms with Crippen LogP contribution in [0, 0.1) is 6.92 Å². The third-order valence-corrected chi connectivity index (χ3v) is 3.58. The number of benzene rings is 1. The molecule has 24 heavy (non-hydrogen) atoms. The molecule has 2 heterocycles. The molecule has 0 spiro atoms. The molecular weight excluding hydrogens is 308 g/mol. The van der Waals surface area contributed by atoms with Crippen LogP contribution >= 0.6 is 0 Å².